The molecule has 0 spiro atoms. The number of carbonyl (C=O) groups excluding carboxylic acids is 1. The van der Waals surface area contributed by atoms with E-state index in [1.165, 1.54) is 0 Å². The lowest BCUT2D eigenvalue weighted by Crippen LogP contribution is -2.33. The van der Waals surface area contributed by atoms with Gasteiger partial charge >= 0.3 is 5.97 Å². The normalized spacial score (nSPS) is 11.9. The summed E-state index contributed by atoms with van der Waals surface area (Å²) < 4.78 is 2.51. The second kappa shape index (κ2) is 7.92. The van der Waals surface area contributed by atoms with E-state index in [1.54, 1.807) is 16.9 Å². The Morgan fingerprint density at radius 2 is 2.17 bits per heavy atom. The Kier molecular flexibility index (Phi) is 5.92. The maximum absolute atomic E-state index is 12.1. The van der Waals surface area contributed by atoms with Crippen molar-refractivity contribution in [3.63, 3.8) is 0 Å². The van der Waals surface area contributed by atoms with Crippen molar-refractivity contribution in [2.75, 3.05) is 6.54 Å². The number of carboxylic acids is 1. The number of benzene rings is 1. The number of carboxylic acid groups (broad SMARTS) is 1. The van der Waals surface area contributed by atoms with Gasteiger partial charge in [0.2, 0.25) is 0 Å². The van der Waals surface area contributed by atoms with E-state index in [2.05, 4.69) is 26.3 Å². The topological polar surface area (TPSA) is 84.2 Å². The summed E-state index contributed by atoms with van der Waals surface area (Å²) in [5.41, 5.74) is 1.08. The quantitative estimate of drug-likeness (QED) is 0.774. The Balaban J connectivity index is 2.02. The van der Waals surface area contributed by atoms with Gasteiger partial charge in [0.05, 0.1) is 11.6 Å². The molecule has 0 fully saturated rings. The highest BCUT2D eigenvalue weighted by molar-refractivity contribution is 9.10. The number of nitrogens with zero attached hydrogens (tertiary/aromatic N) is 2. The van der Waals surface area contributed by atoms with Crippen molar-refractivity contribution in [3.8, 4) is 5.69 Å². The highest BCUT2D eigenvalue weighted by Crippen LogP contribution is 2.15. The van der Waals surface area contributed by atoms with E-state index in [4.69, 9.17) is 5.11 Å². The van der Waals surface area contributed by atoms with E-state index >= 15 is 0 Å². The van der Waals surface area contributed by atoms with Crippen LogP contribution < -0.4 is 5.32 Å². The highest BCUT2D eigenvalue weighted by atomic mass is 79.9. The predicted octanol–water partition coefficient (Wildman–Crippen LogP) is 2.87. The smallest absolute Gasteiger partial charge is 0.308 e. The van der Waals surface area contributed by atoms with E-state index in [0.29, 0.717) is 6.42 Å². The molecule has 2 rings (SSSR count). The molecule has 1 aromatic heterocycles. The summed E-state index contributed by atoms with van der Waals surface area (Å²) in [7, 11) is 0. The van der Waals surface area contributed by atoms with Gasteiger partial charge in [-0.2, -0.15) is 5.10 Å². The molecule has 7 heteroatoms. The van der Waals surface area contributed by atoms with Gasteiger partial charge in [0.15, 0.2) is 5.69 Å². The molecular formula is C16H18BrN3O3. The summed E-state index contributed by atoms with van der Waals surface area (Å²) in [6.07, 6.45) is 2.98. The molecule has 1 amide bonds. The second-order valence-corrected chi connectivity index (χ2v) is 6.07. The molecule has 0 bridgehead atoms. The van der Waals surface area contributed by atoms with Crippen LogP contribution in [0.2, 0.25) is 0 Å². The van der Waals surface area contributed by atoms with E-state index in [1.807, 2.05) is 31.2 Å². The van der Waals surface area contributed by atoms with Gasteiger partial charge in [-0.25, -0.2) is 4.68 Å². The fourth-order valence-electron chi connectivity index (χ4n) is 2.18. The molecule has 0 aliphatic heterocycles. The number of hydrogen-bond acceptors (Lipinski definition) is 3. The van der Waals surface area contributed by atoms with Gasteiger partial charge in [0.25, 0.3) is 5.91 Å². The highest BCUT2D eigenvalue weighted by Gasteiger charge is 2.18. The fraction of sp³-hybridized carbons (Fsp3) is 0.312. The standard InChI is InChI=1S/C16H18BrN3O3/c1-2-4-11(16(22)23)10-18-15(21)14-7-8-20(19-14)13-6-3-5-12(17)9-13/h3,5-9,11H,2,4,10H2,1H3,(H,18,21)(H,22,23). The number of rotatable bonds is 7. The Bertz CT molecular complexity index is 699. The molecule has 1 atom stereocenters. The first-order valence-corrected chi connectivity index (χ1v) is 8.13. The maximum Gasteiger partial charge on any atom is 0.308 e. The summed E-state index contributed by atoms with van der Waals surface area (Å²) in [5, 5.41) is 16.0. The van der Waals surface area contributed by atoms with E-state index < -0.39 is 11.9 Å². The Labute approximate surface area is 142 Å². The summed E-state index contributed by atoms with van der Waals surface area (Å²) in [5.74, 6) is -1.84. The third kappa shape index (κ3) is 4.66. The number of hydrogen-bond donors (Lipinski definition) is 2. The average Bonchev–Trinajstić information content (AvgIpc) is 3.01. The molecule has 1 heterocycles. The van der Waals surface area contributed by atoms with Crippen molar-refractivity contribution >= 4 is 27.8 Å². The Morgan fingerprint density at radius 1 is 1.39 bits per heavy atom. The van der Waals surface area contributed by atoms with E-state index in [0.717, 1.165) is 16.6 Å². The summed E-state index contributed by atoms with van der Waals surface area (Å²) in [4.78, 5) is 23.2. The lowest BCUT2D eigenvalue weighted by atomic mass is 10.0. The summed E-state index contributed by atoms with van der Waals surface area (Å²) >= 11 is 3.39. The van der Waals surface area contributed by atoms with Crippen molar-refractivity contribution in [3.05, 3.63) is 46.7 Å². The zero-order valence-electron chi connectivity index (χ0n) is 12.7. The second-order valence-electron chi connectivity index (χ2n) is 5.16. The monoisotopic (exact) mass is 379 g/mol. The summed E-state index contributed by atoms with van der Waals surface area (Å²) in [6.45, 7) is 2.02. The maximum atomic E-state index is 12.1. The van der Waals surface area contributed by atoms with Crippen molar-refractivity contribution < 1.29 is 14.7 Å². The Morgan fingerprint density at radius 3 is 2.83 bits per heavy atom. The largest absolute Gasteiger partial charge is 0.481 e. The van der Waals surface area contributed by atoms with Crippen LogP contribution in [-0.4, -0.2) is 33.3 Å². The van der Waals surface area contributed by atoms with E-state index in [-0.39, 0.29) is 18.1 Å². The van der Waals surface area contributed by atoms with Crippen molar-refractivity contribution in [1.82, 2.24) is 15.1 Å². The number of amides is 1. The van der Waals surface area contributed by atoms with Gasteiger partial charge < -0.3 is 10.4 Å². The first-order valence-electron chi connectivity index (χ1n) is 7.34. The van der Waals surface area contributed by atoms with Crippen molar-refractivity contribution in [1.29, 1.82) is 0 Å². The number of halogens is 1. The number of carbonyl (C=O) groups is 2. The van der Waals surface area contributed by atoms with Crippen molar-refractivity contribution in [2.24, 2.45) is 5.92 Å². The number of nitrogens with one attached hydrogen (secondary N) is 1. The van der Waals surface area contributed by atoms with Gasteiger partial charge in [-0.05, 0) is 30.7 Å². The average molecular weight is 380 g/mol. The molecule has 0 saturated carbocycles. The number of aromatic nitrogens is 2. The van der Waals surface area contributed by atoms with Gasteiger partial charge in [-0.3, -0.25) is 9.59 Å². The lowest BCUT2D eigenvalue weighted by Gasteiger charge is -2.11. The molecule has 0 radical (unpaired) electrons. The molecule has 122 valence electrons. The zero-order valence-corrected chi connectivity index (χ0v) is 14.3. The van der Waals surface area contributed by atoms with Crippen LogP contribution >= 0.6 is 15.9 Å². The third-order valence-electron chi connectivity index (χ3n) is 3.39. The van der Waals surface area contributed by atoms with Crippen LogP contribution in [0.25, 0.3) is 5.69 Å². The number of aliphatic carboxylic acids is 1. The van der Waals surface area contributed by atoms with Crippen LogP contribution in [0.15, 0.2) is 41.0 Å². The van der Waals surface area contributed by atoms with Crippen LogP contribution in [0, 0.1) is 5.92 Å². The third-order valence-corrected chi connectivity index (χ3v) is 3.88. The SMILES string of the molecule is CCCC(CNC(=O)c1ccn(-c2cccc(Br)c2)n1)C(=O)O. The van der Waals surface area contributed by atoms with Gasteiger partial charge in [0.1, 0.15) is 0 Å². The molecular weight excluding hydrogens is 362 g/mol. The first-order chi connectivity index (χ1) is 11.0. The molecule has 6 nitrogen and oxygen atoms in total. The lowest BCUT2D eigenvalue weighted by molar-refractivity contribution is -0.141. The molecule has 1 unspecified atom stereocenters. The molecule has 0 aliphatic carbocycles. The molecule has 23 heavy (non-hydrogen) atoms. The van der Waals surface area contributed by atoms with Crippen LogP contribution in [0.4, 0.5) is 0 Å². The Hall–Kier alpha value is -2.15. The van der Waals surface area contributed by atoms with E-state index in [9.17, 15) is 9.59 Å². The minimum atomic E-state index is -0.896. The summed E-state index contributed by atoms with van der Waals surface area (Å²) in [6, 6.07) is 9.15. The molecule has 2 N–H and O–H groups in total. The van der Waals surface area contributed by atoms with Gasteiger partial charge in [0, 0.05) is 17.2 Å². The van der Waals surface area contributed by atoms with Gasteiger partial charge in [-0.15, -0.1) is 0 Å². The minimum absolute atomic E-state index is 0.103. The van der Waals surface area contributed by atoms with Crippen LogP contribution in [0.5, 0.6) is 0 Å². The van der Waals surface area contributed by atoms with Crippen LogP contribution in [0.3, 0.4) is 0 Å². The molecule has 0 saturated heterocycles. The predicted molar refractivity (Wildman–Crippen MR) is 89.6 cm³/mol. The minimum Gasteiger partial charge on any atom is -0.481 e. The fourth-order valence-corrected chi connectivity index (χ4v) is 2.56. The van der Waals surface area contributed by atoms with Gasteiger partial charge in [-0.1, -0.05) is 35.3 Å². The van der Waals surface area contributed by atoms with Crippen molar-refractivity contribution in [2.45, 2.75) is 19.8 Å². The molecule has 1 aromatic carbocycles. The zero-order chi connectivity index (χ0) is 16.8. The van der Waals surface area contributed by atoms with Crippen LogP contribution in [0.1, 0.15) is 30.3 Å². The molecule has 0 aliphatic rings. The first kappa shape index (κ1) is 17.2. The molecule has 2 aromatic rings. The van der Waals surface area contributed by atoms with Crippen LogP contribution in [-0.2, 0) is 4.79 Å².